The van der Waals surface area contributed by atoms with E-state index in [0.717, 1.165) is 12.1 Å². The zero-order valence-electron chi connectivity index (χ0n) is 10.9. The van der Waals surface area contributed by atoms with Crippen LogP contribution in [0.25, 0.3) is 0 Å². The summed E-state index contributed by atoms with van der Waals surface area (Å²) in [6, 6.07) is 7.31. The molecule has 2 aromatic rings. The molecule has 2 rings (SSSR count). The maximum absolute atomic E-state index is 12.1. The van der Waals surface area contributed by atoms with Crippen molar-refractivity contribution >= 4 is 9.84 Å². The maximum atomic E-state index is 12.1. The Morgan fingerprint density at radius 3 is 1.43 bits per heavy atom. The number of hydrogen-bond donors (Lipinski definition) is 4. The summed E-state index contributed by atoms with van der Waals surface area (Å²) in [7, 11) is -3.64. The molecule has 0 heterocycles. The van der Waals surface area contributed by atoms with Crippen molar-refractivity contribution in [3.05, 3.63) is 47.5 Å². The van der Waals surface area contributed by atoms with Crippen LogP contribution in [0.15, 0.2) is 36.4 Å². The van der Waals surface area contributed by atoms with Crippen LogP contribution in [0.1, 0.15) is 11.1 Å². The SMILES string of the molecule is O=S(=O)(Cc1ccc(O)cc1O)Cc1ccc(O)cc1O. The Bertz CT molecular complexity index is 708. The minimum absolute atomic E-state index is 0.158. The van der Waals surface area contributed by atoms with Gasteiger partial charge in [0.05, 0.1) is 11.5 Å². The predicted molar refractivity (Wildman–Crippen MR) is 75.9 cm³/mol. The second-order valence-electron chi connectivity index (χ2n) is 4.66. The van der Waals surface area contributed by atoms with E-state index in [1.807, 2.05) is 0 Å². The summed E-state index contributed by atoms with van der Waals surface area (Å²) in [4.78, 5) is 0. The molecule has 4 N–H and O–H groups in total. The Labute approximate surface area is 121 Å². The van der Waals surface area contributed by atoms with Gasteiger partial charge in [0.2, 0.25) is 0 Å². The number of benzene rings is 2. The molecule has 0 aliphatic carbocycles. The van der Waals surface area contributed by atoms with E-state index in [2.05, 4.69) is 0 Å². The predicted octanol–water partition coefficient (Wildman–Crippen LogP) is 1.62. The summed E-state index contributed by atoms with van der Waals surface area (Å²) in [6.45, 7) is 0. The van der Waals surface area contributed by atoms with Crippen LogP contribution in [0.4, 0.5) is 0 Å². The zero-order chi connectivity index (χ0) is 15.6. The van der Waals surface area contributed by atoms with Crippen molar-refractivity contribution in [2.24, 2.45) is 0 Å². The monoisotopic (exact) mass is 310 g/mol. The molecule has 0 fully saturated rings. The highest BCUT2D eigenvalue weighted by atomic mass is 32.2. The van der Waals surface area contributed by atoms with E-state index < -0.39 is 21.3 Å². The molecule has 112 valence electrons. The standard InChI is InChI=1S/C14H14O6S/c15-11-3-1-9(13(17)5-11)7-21(19,20)8-10-2-4-12(16)6-14(10)18/h1-6,15-18H,7-8H2. The van der Waals surface area contributed by atoms with Gasteiger partial charge in [0.1, 0.15) is 23.0 Å². The Hall–Kier alpha value is -2.41. The van der Waals surface area contributed by atoms with Gasteiger partial charge in [0.15, 0.2) is 9.84 Å². The Kier molecular flexibility index (Phi) is 3.95. The lowest BCUT2D eigenvalue weighted by Crippen LogP contribution is -2.08. The third kappa shape index (κ3) is 3.79. The second kappa shape index (κ2) is 5.53. The van der Waals surface area contributed by atoms with E-state index in [0.29, 0.717) is 0 Å². The number of phenols is 4. The molecule has 0 aliphatic rings. The number of aromatic hydroxyl groups is 4. The van der Waals surface area contributed by atoms with Crippen LogP contribution in [0, 0.1) is 0 Å². The van der Waals surface area contributed by atoms with Crippen LogP contribution in [0.2, 0.25) is 0 Å². The van der Waals surface area contributed by atoms with Crippen molar-refractivity contribution in [2.75, 3.05) is 0 Å². The minimum atomic E-state index is -3.64. The van der Waals surface area contributed by atoms with Crippen LogP contribution in [0.5, 0.6) is 23.0 Å². The maximum Gasteiger partial charge on any atom is 0.158 e. The van der Waals surface area contributed by atoms with Crippen LogP contribution < -0.4 is 0 Å². The molecule has 0 aromatic heterocycles. The van der Waals surface area contributed by atoms with Crippen molar-refractivity contribution in [3.63, 3.8) is 0 Å². The van der Waals surface area contributed by atoms with Gasteiger partial charge in [0, 0.05) is 23.3 Å². The molecule has 7 heteroatoms. The third-order valence-electron chi connectivity index (χ3n) is 2.89. The fraction of sp³-hybridized carbons (Fsp3) is 0.143. The summed E-state index contributed by atoms with van der Waals surface area (Å²) in [6.07, 6.45) is 0. The first-order valence-electron chi connectivity index (χ1n) is 5.99. The molecular formula is C14H14O6S. The van der Waals surface area contributed by atoms with Crippen LogP contribution in [0.3, 0.4) is 0 Å². The van der Waals surface area contributed by atoms with E-state index >= 15 is 0 Å². The normalized spacial score (nSPS) is 11.4. The van der Waals surface area contributed by atoms with Crippen LogP contribution >= 0.6 is 0 Å². The highest BCUT2D eigenvalue weighted by Crippen LogP contribution is 2.28. The lowest BCUT2D eigenvalue weighted by Gasteiger charge is -2.08. The van der Waals surface area contributed by atoms with Gasteiger partial charge in [-0.1, -0.05) is 12.1 Å². The molecule has 0 saturated carbocycles. The van der Waals surface area contributed by atoms with Gasteiger partial charge in [-0.3, -0.25) is 0 Å². The summed E-state index contributed by atoms with van der Waals surface area (Å²) in [5.41, 5.74) is 0.317. The first-order chi connectivity index (χ1) is 9.77. The third-order valence-corrected chi connectivity index (χ3v) is 4.39. The average molecular weight is 310 g/mol. The molecule has 2 aromatic carbocycles. The lowest BCUT2D eigenvalue weighted by molar-refractivity contribution is 0.447. The molecule has 0 bridgehead atoms. The fourth-order valence-corrected chi connectivity index (χ4v) is 3.41. The smallest absolute Gasteiger partial charge is 0.158 e. The number of hydrogen-bond acceptors (Lipinski definition) is 6. The molecule has 0 spiro atoms. The van der Waals surface area contributed by atoms with Gasteiger partial charge in [-0.25, -0.2) is 8.42 Å². The Morgan fingerprint density at radius 2 is 1.10 bits per heavy atom. The van der Waals surface area contributed by atoms with Crippen LogP contribution in [-0.4, -0.2) is 28.8 Å². The van der Waals surface area contributed by atoms with E-state index in [1.165, 1.54) is 24.3 Å². The molecule has 0 atom stereocenters. The first kappa shape index (κ1) is 15.0. The molecule has 0 unspecified atom stereocenters. The molecule has 0 saturated heterocycles. The summed E-state index contributed by atoms with van der Waals surface area (Å²) in [5.74, 6) is -1.81. The summed E-state index contributed by atoms with van der Waals surface area (Å²) in [5, 5.41) is 37.5. The largest absolute Gasteiger partial charge is 0.508 e. The van der Waals surface area contributed by atoms with Crippen molar-refractivity contribution in [1.82, 2.24) is 0 Å². The van der Waals surface area contributed by atoms with E-state index in [1.54, 1.807) is 0 Å². The van der Waals surface area contributed by atoms with Crippen molar-refractivity contribution in [3.8, 4) is 23.0 Å². The van der Waals surface area contributed by atoms with Crippen molar-refractivity contribution < 1.29 is 28.8 Å². The van der Waals surface area contributed by atoms with Gasteiger partial charge in [0.25, 0.3) is 0 Å². The molecule has 0 radical (unpaired) electrons. The number of sulfone groups is 1. The number of rotatable bonds is 4. The first-order valence-corrected chi connectivity index (χ1v) is 7.81. The van der Waals surface area contributed by atoms with Gasteiger partial charge in [-0.05, 0) is 12.1 Å². The molecule has 6 nitrogen and oxygen atoms in total. The highest BCUT2D eigenvalue weighted by Gasteiger charge is 2.18. The second-order valence-corrected chi connectivity index (χ2v) is 6.72. The molecule has 0 amide bonds. The van der Waals surface area contributed by atoms with Gasteiger partial charge < -0.3 is 20.4 Å². The van der Waals surface area contributed by atoms with Gasteiger partial charge >= 0.3 is 0 Å². The zero-order valence-corrected chi connectivity index (χ0v) is 11.7. The molecular weight excluding hydrogens is 296 g/mol. The Morgan fingerprint density at radius 1 is 0.714 bits per heavy atom. The quantitative estimate of drug-likeness (QED) is 0.682. The molecule has 21 heavy (non-hydrogen) atoms. The summed E-state index contributed by atoms with van der Waals surface area (Å²) >= 11 is 0. The van der Waals surface area contributed by atoms with Gasteiger partial charge in [-0.15, -0.1) is 0 Å². The molecule has 0 aliphatic heterocycles. The Balaban J connectivity index is 2.22. The van der Waals surface area contributed by atoms with E-state index in [4.69, 9.17) is 10.2 Å². The summed E-state index contributed by atoms with van der Waals surface area (Å²) < 4.78 is 24.2. The average Bonchev–Trinajstić information content (AvgIpc) is 2.36. The van der Waals surface area contributed by atoms with Crippen molar-refractivity contribution in [2.45, 2.75) is 11.5 Å². The van der Waals surface area contributed by atoms with E-state index in [-0.39, 0.29) is 34.1 Å². The minimum Gasteiger partial charge on any atom is -0.508 e. The van der Waals surface area contributed by atoms with Crippen molar-refractivity contribution in [1.29, 1.82) is 0 Å². The highest BCUT2D eigenvalue weighted by molar-refractivity contribution is 7.89. The number of phenolic OH excluding ortho intramolecular Hbond substituents is 4. The topological polar surface area (TPSA) is 115 Å². The van der Waals surface area contributed by atoms with E-state index in [9.17, 15) is 18.6 Å². The fourth-order valence-electron chi connectivity index (χ4n) is 1.87. The lowest BCUT2D eigenvalue weighted by atomic mass is 10.2. The van der Waals surface area contributed by atoms with Crippen LogP contribution in [-0.2, 0) is 21.3 Å². The van der Waals surface area contributed by atoms with Gasteiger partial charge in [-0.2, -0.15) is 0 Å².